The van der Waals surface area contributed by atoms with E-state index in [-0.39, 0.29) is 6.10 Å². The summed E-state index contributed by atoms with van der Waals surface area (Å²) in [5.74, 6) is -1.09. The number of hydrogen-bond acceptors (Lipinski definition) is 2. The van der Waals surface area contributed by atoms with Crippen molar-refractivity contribution in [3.63, 3.8) is 0 Å². The van der Waals surface area contributed by atoms with E-state index in [9.17, 15) is 5.11 Å². The Morgan fingerprint density at radius 1 is 0.900 bits per heavy atom. The van der Waals surface area contributed by atoms with Crippen molar-refractivity contribution in [3.8, 4) is 0 Å². The summed E-state index contributed by atoms with van der Waals surface area (Å²) in [5, 5.41) is 10.9. The van der Waals surface area contributed by atoms with Crippen molar-refractivity contribution in [2.24, 2.45) is 0 Å². The number of rotatable bonds is 2. The normalized spacial score (nSPS) is 24.6. The second kappa shape index (κ2) is 4.44. The Labute approximate surface area is 119 Å². The highest BCUT2D eigenvalue weighted by Gasteiger charge is 2.40. The van der Waals surface area contributed by atoms with Crippen LogP contribution in [0.15, 0.2) is 48.5 Å². The van der Waals surface area contributed by atoms with Crippen LogP contribution in [0.3, 0.4) is 0 Å². The van der Waals surface area contributed by atoms with Crippen LogP contribution >= 0.6 is 0 Å². The van der Waals surface area contributed by atoms with Crippen LogP contribution < -0.4 is 0 Å². The minimum Gasteiger partial charge on any atom is -0.362 e. The zero-order valence-corrected chi connectivity index (χ0v) is 11.4. The molecule has 0 aromatic heterocycles. The number of aryl methyl sites for hydroxylation is 1. The molecule has 2 nitrogen and oxygen atoms in total. The van der Waals surface area contributed by atoms with Gasteiger partial charge in [0, 0.05) is 12.0 Å². The molecule has 0 bridgehead atoms. The summed E-state index contributed by atoms with van der Waals surface area (Å²) in [6, 6.07) is 16.5. The summed E-state index contributed by atoms with van der Waals surface area (Å²) in [7, 11) is 0. The molecule has 2 aliphatic rings. The lowest BCUT2D eigenvalue weighted by molar-refractivity contribution is -0.235. The summed E-state index contributed by atoms with van der Waals surface area (Å²) in [5.41, 5.74) is 4.88. The predicted molar refractivity (Wildman–Crippen MR) is 77.4 cm³/mol. The maximum absolute atomic E-state index is 10.9. The largest absolute Gasteiger partial charge is 0.362 e. The molecule has 102 valence electrons. The van der Waals surface area contributed by atoms with E-state index in [2.05, 4.69) is 30.3 Å². The molecule has 20 heavy (non-hydrogen) atoms. The Morgan fingerprint density at radius 2 is 1.50 bits per heavy atom. The van der Waals surface area contributed by atoms with Crippen molar-refractivity contribution in [2.75, 3.05) is 0 Å². The SMILES string of the molecule is OC1(OC2Cc3ccccc3C2)CCc2ccccc21. The van der Waals surface area contributed by atoms with Crippen molar-refractivity contribution >= 4 is 0 Å². The first-order valence-electron chi connectivity index (χ1n) is 7.30. The van der Waals surface area contributed by atoms with E-state index in [1.807, 2.05) is 18.2 Å². The number of aliphatic hydroxyl groups is 1. The van der Waals surface area contributed by atoms with Crippen LogP contribution in [0.25, 0.3) is 0 Å². The van der Waals surface area contributed by atoms with Crippen molar-refractivity contribution in [1.82, 2.24) is 0 Å². The molecule has 1 unspecified atom stereocenters. The minimum atomic E-state index is -1.09. The Balaban J connectivity index is 1.57. The third-order valence-electron chi connectivity index (χ3n) is 4.55. The molecule has 0 saturated heterocycles. The van der Waals surface area contributed by atoms with Gasteiger partial charge < -0.3 is 9.84 Å². The smallest absolute Gasteiger partial charge is 0.193 e. The average Bonchev–Trinajstić information content (AvgIpc) is 3.01. The monoisotopic (exact) mass is 266 g/mol. The number of ether oxygens (including phenoxy) is 1. The van der Waals surface area contributed by atoms with Crippen molar-refractivity contribution in [3.05, 3.63) is 70.8 Å². The van der Waals surface area contributed by atoms with Gasteiger partial charge in [-0.25, -0.2) is 0 Å². The van der Waals surface area contributed by atoms with Crippen LogP contribution in [0, 0.1) is 0 Å². The minimum absolute atomic E-state index is 0.0866. The van der Waals surface area contributed by atoms with Gasteiger partial charge in [-0.3, -0.25) is 0 Å². The fourth-order valence-electron chi connectivity index (χ4n) is 3.56. The van der Waals surface area contributed by atoms with E-state index in [1.54, 1.807) is 0 Å². The van der Waals surface area contributed by atoms with Gasteiger partial charge in [0.15, 0.2) is 5.79 Å². The van der Waals surface area contributed by atoms with E-state index in [4.69, 9.17) is 4.74 Å². The van der Waals surface area contributed by atoms with Crippen LogP contribution in [-0.4, -0.2) is 11.2 Å². The molecule has 2 aromatic carbocycles. The predicted octanol–water partition coefficient (Wildman–Crippen LogP) is 2.96. The zero-order chi connectivity index (χ0) is 13.6. The van der Waals surface area contributed by atoms with Gasteiger partial charge in [-0.2, -0.15) is 0 Å². The molecule has 1 atom stereocenters. The van der Waals surface area contributed by atoms with Crippen molar-refractivity contribution in [1.29, 1.82) is 0 Å². The lowest BCUT2D eigenvalue weighted by Crippen LogP contribution is -2.32. The van der Waals surface area contributed by atoms with Gasteiger partial charge in [-0.15, -0.1) is 0 Å². The molecule has 0 radical (unpaired) electrons. The molecule has 1 N–H and O–H groups in total. The molecule has 0 spiro atoms. The van der Waals surface area contributed by atoms with Gasteiger partial charge >= 0.3 is 0 Å². The highest BCUT2D eigenvalue weighted by atomic mass is 16.6. The molecule has 0 fully saturated rings. The summed E-state index contributed by atoms with van der Waals surface area (Å²) in [6.45, 7) is 0. The van der Waals surface area contributed by atoms with Crippen LogP contribution in [-0.2, 0) is 29.8 Å². The lowest BCUT2D eigenvalue weighted by Gasteiger charge is -2.28. The second-order valence-electron chi connectivity index (χ2n) is 5.86. The second-order valence-corrected chi connectivity index (χ2v) is 5.86. The van der Waals surface area contributed by atoms with Crippen LogP contribution in [0.1, 0.15) is 28.7 Å². The van der Waals surface area contributed by atoms with Gasteiger partial charge in [-0.05, 0) is 36.0 Å². The summed E-state index contributed by atoms with van der Waals surface area (Å²) in [4.78, 5) is 0. The summed E-state index contributed by atoms with van der Waals surface area (Å²) >= 11 is 0. The Bertz CT molecular complexity index is 624. The van der Waals surface area contributed by atoms with Crippen molar-refractivity contribution in [2.45, 2.75) is 37.6 Å². The van der Waals surface area contributed by atoms with Gasteiger partial charge in [-0.1, -0.05) is 48.5 Å². The van der Waals surface area contributed by atoms with Crippen LogP contribution in [0.2, 0.25) is 0 Å². The van der Waals surface area contributed by atoms with Crippen LogP contribution in [0.5, 0.6) is 0 Å². The molecular weight excluding hydrogens is 248 g/mol. The Hall–Kier alpha value is -1.64. The quantitative estimate of drug-likeness (QED) is 0.847. The average molecular weight is 266 g/mol. The third kappa shape index (κ3) is 1.88. The van der Waals surface area contributed by atoms with Gasteiger partial charge in [0.25, 0.3) is 0 Å². The third-order valence-corrected chi connectivity index (χ3v) is 4.55. The topological polar surface area (TPSA) is 29.5 Å². The van der Waals surface area contributed by atoms with E-state index >= 15 is 0 Å². The molecule has 4 rings (SSSR count). The number of hydrogen-bond donors (Lipinski definition) is 1. The van der Waals surface area contributed by atoms with Gasteiger partial charge in [0.2, 0.25) is 0 Å². The molecule has 2 heteroatoms. The Kier molecular flexibility index (Phi) is 2.69. The van der Waals surface area contributed by atoms with Crippen molar-refractivity contribution < 1.29 is 9.84 Å². The molecule has 0 amide bonds. The molecule has 2 aromatic rings. The maximum atomic E-state index is 10.9. The standard InChI is InChI=1S/C18H18O2/c19-18(10-9-13-5-3-4-8-17(13)18)20-16-11-14-6-1-2-7-15(14)12-16/h1-8,16,19H,9-12H2. The fourth-order valence-corrected chi connectivity index (χ4v) is 3.56. The first kappa shape index (κ1) is 12.1. The lowest BCUT2D eigenvalue weighted by atomic mass is 10.1. The summed E-state index contributed by atoms with van der Waals surface area (Å²) in [6.07, 6.45) is 3.45. The molecular formula is C18H18O2. The first-order chi connectivity index (χ1) is 9.74. The number of benzene rings is 2. The highest BCUT2D eigenvalue weighted by Crippen LogP contribution is 2.40. The van der Waals surface area contributed by atoms with E-state index in [1.165, 1.54) is 16.7 Å². The summed E-state index contributed by atoms with van der Waals surface area (Å²) < 4.78 is 6.12. The van der Waals surface area contributed by atoms with E-state index in [0.29, 0.717) is 6.42 Å². The zero-order valence-electron chi connectivity index (χ0n) is 11.4. The fraction of sp³-hybridized carbons (Fsp3) is 0.333. The van der Waals surface area contributed by atoms with Gasteiger partial charge in [0.05, 0.1) is 6.10 Å². The molecule has 0 heterocycles. The molecule has 0 saturated carbocycles. The van der Waals surface area contributed by atoms with Gasteiger partial charge in [0.1, 0.15) is 0 Å². The first-order valence-corrected chi connectivity index (χ1v) is 7.30. The van der Waals surface area contributed by atoms with E-state index in [0.717, 1.165) is 24.8 Å². The Morgan fingerprint density at radius 3 is 2.20 bits per heavy atom. The van der Waals surface area contributed by atoms with Crippen LogP contribution in [0.4, 0.5) is 0 Å². The van der Waals surface area contributed by atoms with E-state index < -0.39 is 5.79 Å². The molecule has 0 aliphatic heterocycles. The molecule has 2 aliphatic carbocycles. The maximum Gasteiger partial charge on any atom is 0.193 e. The highest BCUT2D eigenvalue weighted by molar-refractivity contribution is 5.36. The number of fused-ring (bicyclic) bond motifs is 2.